The molecule has 0 spiro atoms. The van der Waals surface area contributed by atoms with Crippen molar-refractivity contribution in [3.05, 3.63) is 34.5 Å². The van der Waals surface area contributed by atoms with E-state index in [0.717, 1.165) is 0 Å². The summed E-state index contributed by atoms with van der Waals surface area (Å²) in [4.78, 5) is 34.8. The van der Waals surface area contributed by atoms with Gasteiger partial charge in [0.25, 0.3) is 5.91 Å². The Kier molecular flexibility index (Phi) is 4.13. The number of ether oxygens (including phenoxy) is 1. The molecular weight excluding hydrogens is 300 g/mol. The number of benzene rings is 1. The van der Waals surface area contributed by atoms with Gasteiger partial charge in [-0.3, -0.25) is 9.59 Å². The molecule has 7 nitrogen and oxygen atoms in total. The molecule has 0 bridgehead atoms. The van der Waals surface area contributed by atoms with E-state index in [-0.39, 0.29) is 5.70 Å². The number of carboxylic acids is 1. The summed E-state index contributed by atoms with van der Waals surface area (Å²) in [5, 5.41) is 11.4. The van der Waals surface area contributed by atoms with Gasteiger partial charge in [0.1, 0.15) is 18.0 Å². The van der Waals surface area contributed by atoms with E-state index in [0.29, 0.717) is 21.2 Å². The first kappa shape index (κ1) is 14.9. The van der Waals surface area contributed by atoms with Gasteiger partial charge in [-0.05, 0) is 24.3 Å². The largest absolute Gasteiger partial charge is 0.496 e. The van der Waals surface area contributed by atoms with Crippen LogP contribution in [-0.4, -0.2) is 41.6 Å². The molecule has 1 fully saturated rings. The lowest BCUT2D eigenvalue weighted by molar-refractivity contribution is -0.140. The van der Waals surface area contributed by atoms with Crippen molar-refractivity contribution in [2.45, 2.75) is 0 Å². The monoisotopic (exact) mass is 310 g/mol. The molecule has 8 heteroatoms. The van der Waals surface area contributed by atoms with Gasteiger partial charge in [0.15, 0.2) is 0 Å². The Labute approximate surface area is 124 Å². The second-order valence-electron chi connectivity index (χ2n) is 4.16. The summed E-state index contributed by atoms with van der Waals surface area (Å²) >= 11 is 5.88. The maximum atomic E-state index is 12.0. The van der Waals surface area contributed by atoms with Crippen LogP contribution < -0.4 is 10.1 Å². The number of rotatable bonds is 4. The molecule has 2 rings (SSSR count). The van der Waals surface area contributed by atoms with E-state index in [2.05, 4.69) is 5.32 Å². The number of nitrogens with zero attached hydrogens (tertiary/aromatic N) is 1. The minimum absolute atomic E-state index is 0.0400. The van der Waals surface area contributed by atoms with Crippen LogP contribution in [0.25, 0.3) is 6.08 Å². The van der Waals surface area contributed by atoms with Crippen molar-refractivity contribution >= 4 is 35.6 Å². The highest BCUT2D eigenvalue weighted by atomic mass is 35.5. The van der Waals surface area contributed by atoms with Gasteiger partial charge in [-0.15, -0.1) is 0 Å². The van der Waals surface area contributed by atoms with Crippen molar-refractivity contribution in [3.63, 3.8) is 0 Å². The number of carbonyl (C=O) groups excluding carboxylic acids is 2. The van der Waals surface area contributed by atoms with Crippen LogP contribution in [0, 0.1) is 0 Å². The maximum Gasteiger partial charge on any atom is 0.329 e. The second kappa shape index (κ2) is 5.84. The number of halogens is 1. The number of nitrogens with one attached hydrogen (secondary N) is 1. The summed E-state index contributed by atoms with van der Waals surface area (Å²) < 4.78 is 5.13. The van der Waals surface area contributed by atoms with Crippen molar-refractivity contribution in [3.8, 4) is 5.75 Å². The molecule has 110 valence electrons. The van der Waals surface area contributed by atoms with Crippen LogP contribution in [0.2, 0.25) is 5.02 Å². The lowest BCUT2D eigenvalue weighted by atomic mass is 10.1. The number of carboxylic acid groups (broad SMARTS) is 1. The summed E-state index contributed by atoms with van der Waals surface area (Å²) in [7, 11) is 1.46. The van der Waals surface area contributed by atoms with E-state index in [1.54, 1.807) is 18.2 Å². The van der Waals surface area contributed by atoms with Gasteiger partial charge in [0.2, 0.25) is 0 Å². The summed E-state index contributed by atoms with van der Waals surface area (Å²) in [6, 6.07) is 4.01. The second-order valence-corrected chi connectivity index (χ2v) is 4.60. The number of aliphatic carboxylic acids is 1. The Morgan fingerprint density at radius 2 is 2.19 bits per heavy atom. The van der Waals surface area contributed by atoms with E-state index >= 15 is 0 Å². The highest BCUT2D eigenvalue weighted by Crippen LogP contribution is 2.25. The number of urea groups is 1. The Morgan fingerprint density at radius 3 is 2.81 bits per heavy atom. The molecule has 2 N–H and O–H groups in total. The van der Waals surface area contributed by atoms with Gasteiger partial charge in [-0.2, -0.15) is 0 Å². The maximum absolute atomic E-state index is 12.0. The standard InChI is InChI=1S/C13H11ClN2O5/c1-21-10-3-2-8(14)4-7(10)5-9-12(19)16(6-11(17)18)13(20)15-9/h2-5H,6H2,1H3,(H,15,20)(H,17,18)/b9-5+. The van der Waals surface area contributed by atoms with Crippen LogP contribution in [0.1, 0.15) is 5.56 Å². The quantitative estimate of drug-likeness (QED) is 0.646. The van der Waals surface area contributed by atoms with E-state index in [1.807, 2.05) is 0 Å². The number of methoxy groups -OCH3 is 1. The molecule has 0 aliphatic carbocycles. The van der Waals surface area contributed by atoms with Crippen LogP contribution in [0.15, 0.2) is 23.9 Å². The molecule has 1 aliphatic heterocycles. The summed E-state index contributed by atoms with van der Waals surface area (Å²) in [5.74, 6) is -1.53. The third kappa shape index (κ3) is 3.14. The molecule has 1 aromatic rings. The Balaban J connectivity index is 2.35. The van der Waals surface area contributed by atoms with Gasteiger partial charge < -0.3 is 15.2 Å². The molecule has 0 saturated carbocycles. The van der Waals surface area contributed by atoms with Gasteiger partial charge >= 0.3 is 12.0 Å². The zero-order valence-corrected chi connectivity index (χ0v) is 11.7. The third-order valence-electron chi connectivity index (χ3n) is 2.75. The predicted molar refractivity (Wildman–Crippen MR) is 73.9 cm³/mol. The molecule has 0 unspecified atom stereocenters. The van der Waals surface area contributed by atoms with E-state index in [9.17, 15) is 14.4 Å². The number of carbonyl (C=O) groups is 3. The zero-order chi connectivity index (χ0) is 15.6. The molecule has 1 aliphatic rings. The van der Waals surface area contributed by atoms with Crippen molar-refractivity contribution < 1.29 is 24.2 Å². The molecule has 1 saturated heterocycles. The lowest BCUT2D eigenvalue weighted by Crippen LogP contribution is -2.35. The Hall–Kier alpha value is -2.54. The van der Waals surface area contributed by atoms with Crippen LogP contribution >= 0.6 is 11.6 Å². The molecule has 1 aromatic carbocycles. The number of amides is 3. The SMILES string of the molecule is COc1ccc(Cl)cc1/C=C1/NC(=O)N(CC(=O)O)C1=O. The predicted octanol–water partition coefficient (Wildman–Crippen LogP) is 1.33. The van der Waals surface area contributed by atoms with Gasteiger partial charge in [0.05, 0.1) is 7.11 Å². The molecular formula is C13H11ClN2O5. The van der Waals surface area contributed by atoms with Crippen LogP contribution in [0.5, 0.6) is 5.75 Å². The van der Waals surface area contributed by atoms with Crippen molar-refractivity contribution in [2.75, 3.05) is 13.7 Å². The number of hydrogen-bond acceptors (Lipinski definition) is 4. The fourth-order valence-electron chi connectivity index (χ4n) is 1.82. The minimum atomic E-state index is -1.28. The first-order valence-corrected chi connectivity index (χ1v) is 6.20. The fourth-order valence-corrected chi connectivity index (χ4v) is 2.00. The van der Waals surface area contributed by atoms with E-state index in [4.69, 9.17) is 21.4 Å². The zero-order valence-electron chi connectivity index (χ0n) is 10.9. The fraction of sp³-hybridized carbons (Fsp3) is 0.154. The number of hydrogen-bond donors (Lipinski definition) is 2. The molecule has 21 heavy (non-hydrogen) atoms. The third-order valence-corrected chi connectivity index (χ3v) is 2.98. The average molecular weight is 311 g/mol. The van der Waals surface area contributed by atoms with Gasteiger partial charge in [-0.25, -0.2) is 9.69 Å². The van der Waals surface area contributed by atoms with Gasteiger partial charge in [-0.1, -0.05) is 11.6 Å². The average Bonchev–Trinajstić information content (AvgIpc) is 2.66. The highest BCUT2D eigenvalue weighted by molar-refractivity contribution is 6.30. The van der Waals surface area contributed by atoms with Crippen LogP contribution in [0.3, 0.4) is 0 Å². The molecule has 0 atom stereocenters. The van der Waals surface area contributed by atoms with Crippen molar-refractivity contribution in [1.82, 2.24) is 10.2 Å². The van der Waals surface area contributed by atoms with E-state index < -0.39 is 24.5 Å². The summed E-state index contributed by atoms with van der Waals surface area (Å²) in [5.41, 5.74) is 0.452. The first-order chi connectivity index (χ1) is 9.92. The molecule has 0 radical (unpaired) electrons. The summed E-state index contributed by atoms with van der Waals surface area (Å²) in [6.45, 7) is -0.700. The Bertz CT molecular complexity index is 656. The normalized spacial score (nSPS) is 16.3. The molecule has 1 heterocycles. The minimum Gasteiger partial charge on any atom is -0.496 e. The first-order valence-electron chi connectivity index (χ1n) is 5.82. The summed E-state index contributed by atoms with van der Waals surface area (Å²) in [6.07, 6.45) is 1.38. The molecule has 3 amide bonds. The topological polar surface area (TPSA) is 95.9 Å². The molecule has 0 aromatic heterocycles. The van der Waals surface area contributed by atoms with Crippen LogP contribution in [0.4, 0.5) is 4.79 Å². The Morgan fingerprint density at radius 1 is 1.48 bits per heavy atom. The van der Waals surface area contributed by atoms with Crippen LogP contribution in [-0.2, 0) is 9.59 Å². The van der Waals surface area contributed by atoms with E-state index in [1.165, 1.54) is 13.2 Å². The highest BCUT2D eigenvalue weighted by Gasteiger charge is 2.35. The number of imide groups is 1. The van der Waals surface area contributed by atoms with Crippen molar-refractivity contribution in [1.29, 1.82) is 0 Å². The smallest absolute Gasteiger partial charge is 0.329 e. The van der Waals surface area contributed by atoms with Crippen molar-refractivity contribution in [2.24, 2.45) is 0 Å². The van der Waals surface area contributed by atoms with Gasteiger partial charge in [0, 0.05) is 10.6 Å². The lowest BCUT2D eigenvalue weighted by Gasteiger charge is -2.07.